The van der Waals surface area contributed by atoms with Crippen molar-refractivity contribution in [2.75, 3.05) is 0 Å². The van der Waals surface area contributed by atoms with Crippen LogP contribution in [0.1, 0.15) is 11.3 Å². The molecule has 0 aliphatic heterocycles. The fourth-order valence-corrected chi connectivity index (χ4v) is 1.42. The van der Waals surface area contributed by atoms with E-state index >= 15 is 0 Å². The summed E-state index contributed by atoms with van der Waals surface area (Å²) in [5, 5.41) is 0. The van der Waals surface area contributed by atoms with Crippen molar-refractivity contribution >= 4 is 11.6 Å². The molecule has 0 unspecified atom stereocenters. The van der Waals surface area contributed by atoms with E-state index in [9.17, 15) is 0 Å². The number of aromatic amines is 1. The number of alkyl halides is 1. The predicted octanol–water partition coefficient (Wildman–Crippen LogP) is 3.12. The molecule has 0 aliphatic rings. The zero-order valence-electron chi connectivity index (χ0n) is 7.92. The highest BCUT2D eigenvalue weighted by molar-refractivity contribution is 6.16. The van der Waals surface area contributed by atoms with Crippen LogP contribution in [0.4, 0.5) is 0 Å². The van der Waals surface area contributed by atoms with Crippen molar-refractivity contribution in [2.45, 2.75) is 12.8 Å². The number of benzene rings is 1. The minimum Gasteiger partial charge on any atom is -0.341 e. The number of rotatable bonds is 2. The second-order valence-corrected chi connectivity index (χ2v) is 3.52. The van der Waals surface area contributed by atoms with Crippen LogP contribution in [0, 0.1) is 6.92 Å². The minimum atomic E-state index is 0.471. The topological polar surface area (TPSA) is 28.7 Å². The molecule has 2 nitrogen and oxygen atoms in total. The van der Waals surface area contributed by atoms with Gasteiger partial charge in [-0.1, -0.05) is 29.8 Å². The lowest BCUT2D eigenvalue weighted by Gasteiger charge is -1.97. The molecule has 1 aromatic heterocycles. The lowest BCUT2D eigenvalue weighted by atomic mass is 10.1. The Bertz CT molecular complexity index is 417. The molecule has 1 heterocycles. The van der Waals surface area contributed by atoms with Crippen LogP contribution in [0.5, 0.6) is 0 Å². The highest BCUT2D eigenvalue weighted by Crippen LogP contribution is 2.16. The van der Waals surface area contributed by atoms with Crippen LogP contribution < -0.4 is 0 Å². The number of aromatic nitrogens is 2. The van der Waals surface area contributed by atoms with Gasteiger partial charge in [0.05, 0.1) is 5.88 Å². The maximum absolute atomic E-state index is 5.68. The van der Waals surface area contributed by atoms with Crippen LogP contribution >= 0.6 is 11.6 Å². The van der Waals surface area contributed by atoms with Crippen LogP contribution in [-0.4, -0.2) is 9.97 Å². The summed E-state index contributed by atoms with van der Waals surface area (Å²) >= 11 is 5.68. The average molecular weight is 207 g/mol. The number of nitrogens with zero attached hydrogens (tertiary/aromatic N) is 1. The van der Waals surface area contributed by atoms with Crippen LogP contribution in [0.3, 0.4) is 0 Å². The molecule has 2 rings (SSSR count). The molecule has 0 spiro atoms. The third-order valence-corrected chi connectivity index (χ3v) is 2.39. The van der Waals surface area contributed by atoms with Gasteiger partial charge in [0, 0.05) is 17.5 Å². The van der Waals surface area contributed by atoms with E-state index in [0.29, 0.717) is 5.88 Å². The van der Waals surface area contributed by atoms with Crippen molar-refractivity contribution in [1.29, 1.82) is 0 Å². The zero-order valence-corrected chi connectivity index (χ0v) is 8.67. The summed E-state index contributed by atoms with van der Waals surface area (Å²) in [5.41, 5.74) is 3.28. The van der Waals surface area contributed by atoms with Gasteiger partial charge < -0.3 is 4.98 Å². The summed E-state index contributed by atoms with van der Waals surface area (Å²) in [6.45, 7) is 2.07. The first-order valence-electron chi connectivity index (χ1n) is 4.46. The maximum atomic E-state index is 5.68. The maximum Gasteiger partial charge on any atom is 0.137 e. The Balaban J connectivity index is 2.34. The predicted molar refractivity (Wildman–Crippen MR) is 58.3 cm³/mol. The summed E-state index contributed by atoms with van der Waals surface area (Å²) < 4.78 is 0. The van der Waals surface area contributed by atoms with E-state index in [1.807, 2.05) is 12.1 Å². The van der Waals surface area contributed by atoms with E-state index in [2.05, 4.69) is 29.0 Å². The number of aryl methyl sites for hydroxylation is 1. The number of nitrogens with one attached hydrogen (secondary N) is 1. The van der Waals surface area contributed by atoms with E-state index < -0.39 is 0 Å². The van der Waals surface area contributed by atoms with Crippen molar-refractivity contribution in [2.24, 2.45) is 0 Å². The van der Waals surface area contributed by atoms with Crippen molar-refractivity contribution < 1.29 is 0 Å². The quantitative estimate of drug-likeness (QED) is 0.752. The van der Waals surface area contributed by atoms with Crippen molar-refractivity contribution in [3.8, 4) is 11.4 Å². The Morgan fingerprint density at radius 3 is 2.57 bits per heavy atom. The Hall–Kier alpha value is -1.28. The highest BCUT2D eigenvalue weighted by atomic mass is 35.5. The summed E-state index contributed by atoms with van der Waals surface area (Å²) in [6, 6.07) is 8.23. The third kappa shape index (κ3) is 1.80. The largest absolute Gasteiger partial charge is 0.341 e. The number of hydrogen-bond acceptors (Lipinski definition) is 1. The van der Waals surface area contributed by atoms with Gasteiger partial charge in [0.25, 0.3) is 0 Å². The van der Waals surface area contributed by atoms with Gasteiger partial charge in [-0.05, 0) is 6.92 Å². The lowest BCUT2D eigenvalue weighted by molar-refractivity contribution is 1.22. The summed E-state index contributed by atoms with van der Waals surface area (Å²) in [5.74, 6) is 1.35. The number of imidazole rings is 1. The van der Waals surface area contributed by atoms with Gasteiger partial charge in [-0.3, -0.25) is 0 Å². The molecule has 2 aromatic rings. The molecule has 3 heteroatoms. The first-order valence-corrected chi connectivity index (χ1v) is 5.00. The van der Waals surface area contributed by atoms with Crippen molar-refractivity contribution in [3.63, 3.8) is 0 Å². The molecule has 1 aromatic carbocycles. The molecule has 0 fully saturated rings. The van der Waals surface area contributed by atoms with Crippen LogP contribution in [0.2, 0.25) is 0 Å². The van der Waals surface area contributed by atoms with Gasteiger partial charge in [0.15, 0.2) is 0 Å². The smallest absolute Gasteiger partial charge is 0.137 e. The Labute approximate surface area is 88.0 Å². The van der Waals surface area contributed by atoms with Crippen LogP contribution in [0.25, 0.3) is 11.4 Å². The zero-order chi connectivity index (χ0) is 9.97. The van der Waals surface area contributed by atoms with Gasteiger partial charge in [0.2, 0.25) is 0 Å². The van der Waals surface area contributed by atoms with Crippen LogP contribution in [-0.2, 0) is 5.88 Å². The Morgan fingerprint density at radius 2 is 2.00 bits per heavy atom. The van der Waals surface area contributed by atoms with E-state index in [-0.39, 0.29) is 0 Å². The van der Waals surface area contributed by atoms with Gasteiger partial charge in [-0.15, -0.1) is 11.6 Å². The van der Waals surface area contributed by atoms with Gasteiger partial charge in [-0.2, -0.15) is 0 Å². The van der Waals surface area contributed by atoms with E-state index in [0.717, 1.165) is 17.1 Å². The van der Waals surface area contributed by atoms with Gasteiger partial charge in [0.1, 0.15) is 5.82 Å². The molecular weight excluding hydrogens is 196 g/mol. The summed E-state index contributed by atoms with van der Waals surface area (Å²) in [4.78, 5) is 7.40. The third-order valence-electron chi connectivity index (χ3n) is 2.10. The number of H-pyrrole nitrogens is 1. The Kier molecular flexibility index (Phi) is 2.55. The molecule has 0 saturated heterocycles. The molecule has 1 N–H and O–H groups in total. The summed E-state index contributed by atoms with van der Waals surface area (Å²) in [7, 11) is 0. The van der Waals surface area contributed by atoms with Crippen molar-refractivity contribution in [3.05, 3.63) is 41.7 Å². The highest BCUT2D eigenvalue weighted by Gasteiger charge is 2.01. The molecule has 0 atom stereocenters. The normalized spacial score (nSPS) is 10.4. The molecule has 14 heavy (non-hydrogen) atoms. The second kappa shape index (κ2) is 3.84. The standard InChI is InChI=1S/C11H11ClN2/c1-8-2-4-9(5-3-8)11-13-7-10(6-12)14-11/h2-5,7H,6H2,1H3,(H,13,14). The Morgan fingerprint density at radius 1 is 1.29 bits per heavy atom. The van der Waals surface area contributed by atoms with E-state index in [4.69, 9.17) is 11.6 Å². The van der Waals surface area contributed by atoms with E-state index in [1.54, 1.807) is 6.20 Å². The van der Waals surface area contributed by atoms with Crippen molar-refractivity contribution in [1.82, 2.24) is 9.97 Å². The SMILES string of the molecule is Cc1ccc(-c2ncc(CCl)[nH]2)cc1. The van der Waals surface area contributed by atoms with Crippen LogP contribution in [0.15, 0.2) is 30.5 Å². The minimum absolute atomic E-state index is 0.471. The number of hydrogen-bond donors (Lipinski definition) is 1. The molecular formula is C11H11ClN2. The molecule has 0 radical (unpaired) electrons. The molecule has 72 valence electrons. The first kappa shape index (κ1) is 9.28. The fraction of sp³-hybridized carbons (Fsp3) is 0.182. The lowest BCUT2D eigenvalue weighted by Crippen LogP contribution is -1.81. The van der Waals surface area contributed by atoms with Gasteiger partial charge >= 0.3 is 0 Å². The first-order chi connectivity index (χ1) is 6.79. The average Bonchev–Trinajstić information content (AvgIpc) is 2.67. The van der Waals surface area contributed by atoms with Gasteiger partial charge in [-0.25, -0.2) is 4.98 Å². The molecule has 0 aliphatic carbocycles. The second-order valence-electron chi connectivity index (χ2n) is 3.26. The molecule has 0 amide bonds. The number of halogens is 1. The fourth-order valence-electron chi connectivity index (χ4n) is 1.29. The molecule has 0 bridgehead atoms. The summed E-state index contributed by atoms with van der Waals surface area (Å²) in [6.07, 6.45) is 1.77. The van der Waals surface area contributed by atoms with E-state index in [1.165, 1.54) is 5.56 Å². The molecule has 0 saturated carbocycles. The monoisotopic (exact) mass is 206 g/mol.